The topological polar surface area (TPSA) is 99.4 Å². The first kappa shape index (κ1) is 17.2. The number of aromatic nitrogens is 1. The summed E-state index contributed by atoms with van der Waals surface area (Å²) in [6, 6.07) is 0. The van der Waals surface area contributed by atoms with Crippen molar-refractivity contribution in [3.8, 4) is 0 Å². The zero-order valence-corrected chi connectivity index (χ0v) is 11.9. The Bertz CT molecular complexity index is 621. The first-order chi connectivity index (χ1) is 9.59. The third-order valence-electron chi connectivity index (χ3n) is 2.15. The molecule has 1 aromatic rings. The van der Waals surface area contributed by atoms with E-state index in [-0.39, 0.29) is 12.5 Å². The number of alkyl halides is 3. The van der Waals surface area contributed by atoms with Crippen LogP contribution in [0.1, 0.15) is 10.6 Å². The van der Waals surface area contributed by atoms with E-state index in [0.717, 1.165) is 14.5 Å². The van der Waals surface area contributed by atoms with E-state index < -0.39 is 12.1 Å². The quantitative estimate of drug-likeness (QED) is 0.711. The third-order valence-corrected chi connectivity index (χ3v) is 3.39. The maximum Gasteiger partial charge on any atom is 0.490 e. The van der Waals surface area contributed by atoms with Gasteiger partial charge in [-0.2, -0.15) is 13.2 Å². The molecule has 1 amide bonds. The van der Waals surface area contributed by atoms with Crippen molar-refractivity contribution in [3.05, 3.63) is 20.7 Å². The molecule has 1 aliphatic rings. The zero-order chi connectivity index (χ0) is 16.2. The van der Waals surface area contributed by atoms with Gasteiger partial charge in [0.05, 0.1) is 23.7 Å². The van der Waals surface area contributed by atoms with Crippen LogP contribution < -0.4 is 5.73 Å². The van der Waals surface area contributed by atoms with E-state index in [1.54, 1.807) is 11.3 Å². The highest BCUT2D eigenvalue weighted by atomic mass is 32.1. The van der Waals surface area contributed by atoms with Gasteiger partial charge >= 0.3 is 12.1 Å². The molecule has 0 spiro atoms. The smallest absolute Gasteiger partial charge is 0.475 e. The Balaban J connectivity index is 0.000000270. The minimum absolute atomic E-state index is 0.242. The Hall–Kier alpha value is -1.88. The summed E-state index contributed by atoms with van der Waals surface area (Å²) in [5, 5.41) is 7.12. The highest BCUT2D eigenvalue weighted by Gasteiger charge is 2.38. The van der Waals surface area contributed by atoms with Crippen LogP contribution in [0.3, 0.4) is 0 Å². The molecule has 1 aliphatic heterocycles. The maximum absolute atomic E-state index is 10.7. The van der Waals surface area contributed by atoms with E-state index in [1.807, 2.05) is 17.2 Å². The van der Waals surface area contributed by atoms with Gasteiger partial charge in [0.1, 0.15) is 0 Å². The van der Waals surface area contributed by atoms with E-state index in [0.29, 0.717) is 6.54 Å². The van der Waals surface area contributed by atoms with Crippen molar-refractivity contribution in [1.82, 2.24) is 9.88 Å². The molecule has 21 heavy (non-hydrogen) atoms. The van der Waals surface area contributed by atoms with Gasteiger partial charge in [0.2, 0.25) is 5.91 Å². The lowest BCUT2D eigenvalue weighted by atomic mass is 10.2. The molecule has 11 heteroatoms. The van der Waals surface area contributed by atoms with Crippen LogP contribution in [0.2, 0.25) is 0 Å². The Labute approximate surface area is 125 Å². The normalized spacial score (nSPS) is 13.2. The van der Waals surface area contributed by atoms with Gasteiger partial charge in [0.25, 0.3) is 0 Å². The number of nitrogens with two attached hydrogens (primary N) is 1. The number of nitrogens with one attached hydrogen (secondary N) is 1. The molecule has 0 bridgehead atoms. The summed E-state index contributed by atoms with van der Waals surface area (Å²) in [4.78, 5) is 25.7. The second-order valence-electron chi connectivity index (χ2n) is 3.85. The number of H-pyrrole nitrogens is 1. The van der Waals surface area contributed by atoms with Crippen molar-refractivity contribution in [2.75, 3.05) is 6.54 Å². The number of carboxylic acid groups (broad SMARTS) is 1. The number of primary amides is 1. The number of carbonyl (C=O) groups is 2. The highest BCUT2D eigenvalue weighted by molar-refractivity contribution is 7.73. The average Bonchev–Trinajstić information content (AvgIpc) is 2.67. The number of halogens is 3. The number of carboxylic acids is 1. The van der Waals surface area contributed by atoms with E-state index in [2.05, 4.69) is 4.98 Å². The number of rotatable bonds is 2. The molecular formula is C10H10F3N3O3S2. The molecule has 0 saturated heterocycles. The average molecular weight is 341 g/mol. The van der Waals surface area contributed by atoms with Crippen molar-refractivity contribution in [1.29, 1.82) is 0 Å². The Morgan fingerprint density at radius 3 is 2.57 bits per heavy atom. The van der Waals surface area contributed by atoms with Crippen molar-refractivity contribution in [3.63, 3.8) is 0 Å². The third kappa shape index (κ3) is 5.55. The lowest BCUT2D eigenvalue weighted by Gasteiger charge is -2.21. The number of thiazole rings is 1. The number of aliphatic carboxylic acids is 1. The second-order valence-corrected chi connectivity index (χ2v) is 5.57. The second kappa shape index (κ2) is 6.72. The van der Waals surface area contributed by atoms with Crippen LogP contribution in [-0.4, -0.2) is 39.6 Å². The fourth-order valence-corrected chi connectivity index (χ4v) is 2.50. The maximum atomic E-state index is 10.7. The number of carbonyl (C=O) groups excluding carboxylic acids is 1. The van der Waals surface area contributed by atoms with Crippen molar-refractivity contribution in [2.45, 2.75) is 12.7 Å². The fourth-order valence-electron chi connectivity index (χ4n) is 1.36. The summed E-state index contributed by atoms with van der Waals surface area (Å²) in [6.45, 7) is 0.911. The summed E-state index contributed by atoms with van der Waals surface area (Å²) in [7, 11) is 0. The number of nitrogens with zero attached hydrogens (tertiary/aromatic N) is 1. The van der Waals surface area contributed by atoms with Crippen LogP contribution in [-0.2, 0) is 16.1 Å². The fraction of sp³-hybridized carbons (Fsp3) is 0.300. The van der Waals surface area contributed by atoms with Gasteiger partial charge in [0, 0.05) is 6.20 Å². The molecule has 0 unspecified atom stereocenters. The minimum atomic E-state index is -5.08. The van der Waals surface area contributed by atoms with Gasteiger partial charge in [0.15, 0.2) is 3.95 Å². The molecule has 2 heterocycles. The summed E-state index contributed by atoms with van der Waals surface area (Å²) in [5.41, 5.74) is 6.16. The van der Waals surface area contributed by atoms with Crippen LogP contribution >= 0.6 is 23.6 Å². The number of amides is 1. The van der Waals surface area contributed by atoms with Crippen molar-refractivity contribution >= 4 is 41.5 Å². The van der Waals surface area contributed by atoms with Crippen molar-refractivity contribution < 1.29 is 27.9 Å². The first-order valence-corrected chi connectivity index (χ1v) is 6.54. The van der Waals surface area contributed by atoms with Crippen LogP contribution in [0, 0.1) is 3.95 Å². The molecular weight excluding hydrogens is 331 g/mol. The molecule has 0 aliphatic carbocycles. The summed E-state index contributed by atoms with van der Waals surface area (Å²) < 4.78 is 32.5. The minimum Gasteiger partial charge on any atom is -0.475 e. The Morgan fingerprint density at radius 1 is 1.52 bits per heavy atom. The molecule has 0 fully saturated rings. The summed E-state index contributed by atoms with van der Waals surface area (Å²) in [5.74, 6) is -3.08. The van der Waals surface area contributed by atoms with Gasteiger partial charge in [-0.05, 0) is 18.3 Å². The largest absolute Gasteiger partial charge is 0.490 e. The molecule has 0 saturated carbocycles. The SMILES string of the molecule is NC(=O)CN1C=Cc2sc(=S)[nH]c2C1.O=C(O)C(F)(F)F. The van der Waals surface area contributed by atoms with Crippen molar-refractivity contribution in [2.24, 2.45) is 5.73 Å². The van der Waals surface area contributed by atoms with Crippen LogP contribution in [0.5, 0.6) is 0 Å². The van der Waals surface area contributed by atoms with Gasteiger partial charge in [-0.3, -0.25) is 4.79 Å². The Morgan fingerprint density at radius 2 is 2.10 bits per heavy atom. The van der Waals surface area contributed by atoms with Crippen LogP contribution in [0.4, 0.5) is 13.2 Å². The van der Waals surface area contributed by atoms with Gasteiger partial charge < -0.3 is 20.7 Å². The molecule has 0 aromatic carbocycles. The molecule has 4 N–H and O–H groups in total. The number of fused-ring (bicyclic) bond motifs is 1. The predicted octanol–water partition coefficient (Wildman–Crippen LogP) is 1.71. The molecule has 2 rings (SSSR count). The van der Waals surface area contributed by atoms with E-state index in [1.165, 1.54) is 0 Å². The Kier molecular flexibility index (Phi) is 5.49. The lowest BCUT2D eigenvalue weighted by Crippen LogP contribution is -2.30. The molecule has 0 atom stereocenters. The van der Waals surface area contributed by atoms with Crippen LogP contribution in [0.15, 0.2) is 6.20 Å². The predicted molar refractivity (Wildman–Crippen MR) is 71.8 cm³/mol. The lowest BCUT2D eigenvalue weighted by molar-refractivity contribution is -0.192. The molecule has 1 aromatic heterocycles. The van der Waals surface area contributed by atoms with Gasteiger partial charge in [-0.15, -0.1) is 11.3 Å². The van der Waals surface area contributed by atoms with E-state index >= 15 is 0 Å². The van der Waals surface area contributed by atoms with E-state index in [4.69, 9.17) is 27.9 Å². The zero-order valence-electron chi connectivity index (χ0n) is 10.3. The van der Waals surface area contributed by atoms with E-state index in [9.17, 15) is 18.0 Å². The number of hydrogen-bond donors (Lipinski definition) is 3. The molecule has 116 valence electrons. The van der Waals surface area contributed by atoms with Gasteiger partial charge in [-0.25, -0.2) is 4.79 Å². The monoisotopic (exact) mass is 341 g/mol. The summed E-state index contributed by atoms with van der Waals surface area (Å²) >= 11 is 6.57. The highest BCUT2D eigenvalue weighted by Crippen LogP contribution is 2.23. The molecule has 0 radical (unpaired) electrons. The van der Waals surface area contributed by atoms with Crippen LogP contribution in [0.25, 0.3) is 6.08 Å². The summed E-state index contributed by atoms with van der Waals surface area (Å²) in [6.07, 6.45) is -1.27. The van der Waals surface area contributed by atoms with Gasteiger partial charge in [-0.1, -0.05) is 0 Å². The first-order valence-electron chi connectivity index (χ1n) is 5.32. The number of hydrogen-bond acceptors (Lipinski definition) is 5. The number of aromatic amines is 1. The molecule has 6 nitrogen and oxygen atoms in total. The standard InChI is InChI=1S/C8H9N3OS2.C2HF3O2/c9-7(12)4-11-2-1-6-5(3-11)10-8(13)14-6;3-2(4,5)1(6)7/h1-2H,3-4H2,(H2,9,12)(H,10,13);(H,6,7).